The molecule has 0 bridgehead atoms. The van der Waals surface area contributed by atoms with E-state index in [1.54, 1.807) is 17.0 Å². The van der Waals surface area contributed by atoms with Crippen molar-refractivity contribution in [3.8, 4) is 0 Å². The Kier molecular flexibility index (Phi) is 3.34. The molecule has 3 rings (SSSR count). The van der Waals surface area contributed by atoms with Crippen molar-refractivity contribution < 1.29 is 19.5 Å². The maximum atomic E-state index is 12.5. The molecule has 1 saturated heterocycles. The van der Waals surface area contributed by atoms with E-state index in [1.807, 2.05) is 0 Å². The van der Waals surface area contributed by atoms with E-state index in [4.69, 9.17) is 5.11 Å². The van der Waals surface area contributed by atoms with Crippen LogP contribution < -0.4 is 15.5 Å². The number of carboxylic acids is 1. The molecule has 110 valence electrons. The zero-order valence-corrected chi connectivity index (χ0v) is 11.3. The molecular weight excluding hydrogens is 274 g/mol. The van der Waals surface area contributed by atoms with Crippen molar-refractivity contribution in [3.63, 3.8) is 0 Å². The second-order valence-electron chi connectivity index (χ2n) is 5.13. The normalized spacial score (nSPS) is 20.9. The topological polar surface area (TPSA) is 98.7 Å². The number of nitrogens with one attached hydrogen (secondary N) is 2. The summed E-state index contributed by atoms with van der Waals surface area (Å²) in [5.74, 6) is -1.29. The van der Waals surface area contributed by atoms with Crippen LogP contribution in [0.3, 0.4) is 0 Å². The van der Waals surface area contributed by atoms with Crippen LogP contribution in [0.25, 0.3) is 0 Å². The Bertz CT molecular complexity index is 619. The first-order valence-corrected chi connectivity index (χ1v) is 6.74. The second kappa shape index (κ2) is 5.17. The maximum absolute atomic E-state index is 12.5. The van der Waals surface area contributed by atoms with Crippen LogP contribution in [0.4, 0.5) is 5.69 Å². The van der Waals surface area contributed by atoms with Gasteiger partial charge in [-0.05, 0) is 24.1 Å². The van der Waals surface area contributed by atoms with Crippen LogP contribution in [0.5, 0.6) is 0 Å². The van der Waals surface area contributed by atoms with Crippen LogP contribution >= 0.6 is 0 Å². The molecule has 0 radical (unpaired) electrons. The van der Waals surface area contributed by atoms with Gasteiger partial charge in [0, 0.05) is 18.8 Å². The van der Waals surface area contributed by atoms with Crippen LogP contribution in [-0.4, -0.2) is 48.6 Å². The Morgan fingerprint density at radius 1 is 1.33 bits per heavy atom. The standard InChI is InChI=1S/C14H15N3O4/c18-12-7-15-10(6-16-12)13(19)17-4-3-8-1-2-9(14(20)21)5-11(8)17/h1-2,5,10,15H,3-4,6-7H2,(H,16,18)(H,20,21). The average molecular weight is 289 g/mol. The van der Waals surface area contributed by atoms with Gasteiger partial charge in [0.05, 0.1) is 12.1 Å². The molecule has 2 aliphatic heterocycles. The molecule has 0 aliphatic carbocycles. The van der Waals surface area contributed by atoms with Gasteiger partial charge in [-0.1, -0.05) is 6.07 Å². The summed E-state index contributed by atoms with van der Waals surface area (Å²) in [6, 6.07) is 4.36. The molecule has 2 aliphatic rings. The summed E-state index contributed by atoms with van der Waals surface area (Å²) < 4.78 is 0. The summed E-state index contributed by atoms with van der Waals surface area (Å²) >= 11 is 0. The van der Waals surface area contributed by atoms with Crippen molar-refractivity contribution in [3.05, 3.63) is 29.3 Å². The Labute approximate surface area is 120 Å². The molecule has 1 atom stereocenters. The molecule has 2 heterocycles. The largest absolute Gasteiger partial charge is 0.478 e. The van der Waals surface area contributed by atoms with E-state index in [-0.39, 0.29) is 30.5 Å². The summed E-state index contributed by atoms with van der Waals surface area (Å²) in [6.07, 6.45) is 0.708. The highest BCUT2D eigenvalue weighted by Gasteiger charge is 2.32. The van der Waals surface area contributed by atoms with Crippen LogP contribution in [0.2, 0.25) is 0 Å². The van der Waals surface area contributed by atoms with E-state index in [2.05, 4.69) is 10.6 Å². The zero-order valence-electron chi connectivity index (χ0n) is 11.3. The minimum Gasteiger partial charge on any atom is -0.478 e. The fraction of sp³-hybridized carbons (Fsp3) is 0.357. The fourth-order valence-corrected chi connectivity index (χ4v) is 2.67. The van der Waals surface area contributed by atoms with Crippen molar-refractivity contribution in [1.82, 2.24) is 10.6 Å². The fourth-order valence-electron chi connectivity index (χ4n) is 2.67. The van der Waals surface area contributed by atoms with Gasteiger partial charge in [0.25, 0.3) is 0 Å². The molecule has 1 aromatic rings. The number of anilines is 1. The van der Waals surface area contributed by atoms with E-state index >= 15 is 0 Å². The Morgan fingerprint density at radius 3 is 2.81 bits per heavy atom. The zero-order chi connectivity index (χ0) is 15.0. The first kappa shape index (κ1) is 13.6. The van der Waals surface area contributed by atoms with Crippen LogP contribution in [-0.2, 0) is 16.0 Å². The molecule has 0 saturated carbocycles. The third kappa shape index (κ3) is 2.47. The van der Waals surface area contributed by atoms with Crippen molar-refractivity contribution in [2.24, 2.45) is 0 Å². The lowest BCUT2D eigenvalue weighted by Crippen LogP contribution is -2.58. The number of nitrogens with zero attached hydrogens (tertiary/aromatic N) is 1. The number of piperazine rings is 1. The molecule has 7 nitrogen and oxygen atoms in total. The van der Waals surface area contributed by atoms with Gasteiger partial charge in [0.1, 0.15) is 6.04 Å². The summed E-state index contributed by atoms with van der Waals surface area (Å²) in [6.45, 7) is 0.901. The van der Waals surface area contributed by atoms with Gasteiger partial charge >= 0.3 is 5.97 Å². The van der Waals surface area contributed by atoms with Gasteiger partial charge in [-0.25, -0.2) is 4.79 Å². The van der Waals surface area contributed by atoms with Gasteiger partial charge in [0.2, 0.25) is 11.8 Å². The number of aromatic carboxylic acids is 1. The van der Waals surface area contributed by atoms with Crippen molar-refractivity contribution in [2.75, 3.05) is 24.5 Å². The highest BCUT2D eigenvalue weighted by molar-refractivity contribution is 6.01. The Hall–Kier alpha value is -2.41. The average Bonchev–Trinajstić information content (AvgIpc) is 2.90. The van der Waals surface area contributed by atoms with E-state index in [1.165, 1.54) is 6.07 Å². The van der Waals surface area contributed by atoms with Crippen molar-refractivity contribution in [2.45, 2.75) is 12.5 Å². The third-order valence-electron chi connectivity index (χ3n) is 3.80. The Morgan fingerprint density at radius 2 is 2.14 bits per heavy atom. The SMILES string of the molecule is O=C1CNC(C(=O)N2CCc3ccc(C(=O)O)cc32)CN1. The lowest BCUT2D eigenvalue weighted by Gasteiger charge is -2.28. The smallest absolute Gasteiger partial charge is 0.335 e. The lowest BCUT2D eigenvalue weighted by atomic mass is 10.1. The predicted molar refractivity (Wildman–Crippen MR) is 74.3 cm³/mol. The summed E-state index contributed by atoms with van der Waals surface area (Å²) in [4.78, 5) is 36.3. The molecule has 1 unspecified atom stereocenters. The number of hydrogen-bond acceptors (Lipinski definition) is 4. The van der Waals surface area contributed by atoms with Crippen molar-refractivity contribution >= 4 is 23.5 Å². The van der Waals surface area contributed by atoms with Crippen LogP contribution in [0, 0.1) is 0 Å². The molecule has 3 N–H and O–H groups in total. The van der Waals surface area contributed by atoms with E-state index in [9.17, 15) is 14.4 Å². The number of rotatable bonds is 2. The second-order valence-corrected chi connectivity index (χ2v) is 5.13. The van der Waals surface area contributed by atoms with E-state index in [0.717, 1.165) is 5.56 Å². The van der Waals surface area contributed by atoms with Gasteiger partial charge in [0.15, 0.2) is 0 Å². The number of carbonyl (C=O) groups excluding carboxylic acids is 2. The summed E-state index contributed by atoms with van der Waals surface area (Å²) in [5.41, 5.74) is 1.78. The first-order valence-electron chi connectivity index (χ1n) is 6.74. The van der Waals surface area contributed by atoms with Gasteiger partial charge in [-0.3, -0.25) is 14.9 Å². The highest BCUT2D eigenvalue weighted by atomic mass is 16.4. The van der Waals surface area contributed by atoms with Gasteiger partial charge < -0.3 is 15.3 Å². The number of hydrogen-bond donors (Lipinski definition) is 3. The lowest BCUT2D eigenvalue weighted by molar-refractivity contribution is -0.125. The van der Waals surface area contributed by atoms with E-state index < -0.39 is 12.0 Å². The molecular formula is C14H15N3O4. The minimum atomic E-state index is -1.01. The third-order valence-corrected chi connectivity index (χ3v) is 3.80. The quantitative estimate of drug-likeness (QED) is 0.673. The number of fused-ring (bicyclic) bond motifs is 1. The van der Waals surface area contributed by atoms with Crippen LogP contribution in [0.15, 0.2) is 18.2 Å². The summed E-state index contributed by atoms with van der Waals surface area (Å²) in [7, 11) is 0. The molecule has 1 fully saturated rings. The summed E-state index contributed by atoms with van der Waals surface area (Å²) in [5, 5.41) is 14.6. The predicted octanol–water partition coefficient (Wildman–Crippen LogP) is -0.638. The molecule has 7 heteroatoms. The molecule has 0 spiro atoms. The minimum absolute atomic E-state index is 0.117. The van der Waals surface area contributed by atoms with Crippen molar-refractivity contribution in [1.29, 1.82) is 0 Å². The number of carboxylic acid groups (broad SMARTS) is 1. The molecule has 2 amide bonds. The number of carbonyl (C=O) groups is 3. The first-order chi connectivity index (χ1) is 10.1. The number of benzene rings is 1. The van der Waals surface area contributed by atoms with Crippen LogP contribution in [0.1, 0.15) is 15.9 Å². The Balaban J connectivity index is 1.83. The highest BCUT2D eigenvalue weighted by Crippen LogP contribution is 2.29. The molecule has 1 aromatic carbocycles. The molecule has 0 aromatic heterocycles. The molecule has 21 heavy (non-hydrogen) atoms. The van der Waals surface area contributed by atoms with Gasteiger partial charge in [-0.2, -0.15) is 0 Å². The maximum Gasteiger partial charge on any atom is 0.335 e. The van der Waals surface area contributed by atoms with E-state index in [0.29, 0.717) is 18.7 Å². The van der Waals surface area contributed by atoms with Gasteiger partial charge in [-0.15, -0.1) is 0 Å². The monoisotopic (exact) mass is 289 g/mol. The number of amides is 2.